The first-order valence-corrected chi connectivity index (χ1v) is 5.84. The highest BCUT2D eigenvalue weighted by Crippen LogP contribution is 2.29. The Morgan fingerprint density at radius 3 is 2.25 bits per heavy atom. The van der Waals surface area contributed by atoms with Crippen LogP contribution in [0, 0.1) is 5.92 Å². The Balaban J connectivity index is 3.76. The molecule has 0 bridgehead atoms. The fraction of sp³-hybridized carbons (Fsp3) is 0.818. The Labute approximate surface area is 81.8 Å². The molecule has 0 aliphatic heterocycles. The van der Waals surface area contributed by atoms with Crippen molar-refractivity contribution in [1.29, 1.82) is 0 Å². The van der Waals surface area contributed by atoms with E-state index >= 15 is 0 Å². The molecule has 0 spiro atoms. The molecule has 72 valence electrons. The van der Waals surface area contributed by atoms with Gasteiger partial charge >= 0.3 is 0 Å². The highest BCUT2D eigenvalue weighted by molar-refractivity contribution is 7.99. The Morgan fingerprint density at radius 2 is 1.92 bits per heavy atom. The van der Waals surface area contributed by atoms with E-state index in [1.165, 1.54) is 18.4 Å². The molecule has 0 unspecified atom stereocenters. The lowest BCUT2D eigenvalue weighted by Gasteiger charge is -2.23. The van der Waals surface area contributed by atoms with Crippen molar-refractivity contribution < 1.29 is 0 Å². The molecule has 0 N–H and O–H groups in total. The van der Waals surface area contributed by atoms with Gasteiger partial charge < -0.3 is 0 Å². The lowest BCUT2D eigenvalue weighted by Crippen LogP contribution is -2.14. The van der Waals surface area contributed by atoms with Gasteiger partial charge in [0.05, 0.1) is 0 Å². The largest absolute Gasteiger partial charge is 0.159 e. The number of hydrogen-bond acceptors (Lipinski definition) is 1. The third-order valence-corrected chi connectivity index (χ3v) is 3.73. The summed E-state index contributed by atoms with van der Waals surface area (Å²) in [4.78, 5) is 0. The van der Waals surface area contributed by atoms with E-state index in [0.717, 1.165) is 0 Å². The normalized spacial score (nSPS) is 12.2. The predicted octanol–water partition coefficient (Wildman–Crippen LogP) is 4.12. The second-order valence-electron chi connectivity index (χ2n) is 4.28. The van der Waals surface area contributed by atoms with E-state index in [1.54, 1.807) is 0 Å². The first-order valence-electron chi connectivity index (χ1n) is 4.62. The van der Waals surface area contributed by atoms with Crippen LogP contribution in [0.15, 0.2) is 12.2 Å². The number of thioether (sulfide) groups is 1. The molecular formula is C11H22S. The van der Waals surface area contributed by atoms with Crippen molar-refractivity contribution in [3.8, 4) is 0 Å². The highest BCUT2D eigenvalue weighted by Gasteiger charge is 2.16. The van der Waals surface area contributed by atoms with E-state index in [1.807, 2.05) is 11.8 Å². The maximum atomic E-state index is 4.08. The lowest BCUT2D eigenvalue weighted by atomic mass is 9.96. The van der Waals surface area contributed by atoms with Gasteiger partial charge in [-0.1, -0.05) is 39.8 Å². The molecule has 0 aliphatic carbocycles. The second kappa shape index (κ2) is 4.96. The molecule has 0 aromatic heterocycles. The fourth-order valence-corrected chi connectivity index (χ4v) is 1.16. The van der Waals surface area contributed by atoms with E-state index in [9.17, 15) is 0 Å². The van der Waals surface area contributed by atoms with Gasteiger partial charge in [-0.2, -0.15) is 11.8 Å². The first-order chi connectivity index (χ1) is 5.39. The van der Waals surface area contributed by atoms with Crippen molar-refractivity contribution in [3.05, 3.63) is 12.2 Å². The van der Waals surface area contributed by atoms with Crippen LogP contribution in [-0.4, -0.2) is 11.0 Å². The molecule has 0 atom stereocenters. The summed E-state index contributed by atoms with van der Waals surface area (Å²) in [6.07, 6.45) is 4.59. The summed E-state index contributed by atoms with van der Waals surface area (Å²) in [5.74, 6) is 0.641. The van der Waals surface area contributed by atoms with Crippen LogP contribution in [0.2, 0.25) is 0 Å². The molecule has 1 heteroatoms. The van der Waals surface area contributed by atoms with Crippen molar-refractivity contribution in [3.63, 3.8) is 0 Å². The van der Waals surface area contributed by atoms with Gasteiger partial charge in [0.2, 0.25) is 0 Å². The van der Waals surface area contributed by atoms with Crippen molar-refractivity contribution >= 4 is 11.8 Å². The third-order valence-electron chi connectivity index (χ3n) is 2.42. The molecule has 0 saturated heterocycles. The summed E-state index contributed by atoms with van der Waals surface area (Å²) < 4.78 is 0.415. The smallest absolute Gasteiger partial charge is 0.0104 e. The van der Waals surface area contributed by atoms with Gasteiger partial charge in [-0.25, -0.2) is 0 Å². The summed E-state index contributed by atoms with van der Waals surface area (Å²) in [6.45, 7) is 13.1. The minimum absolute atomic E-state index is 0.415. The van der Waals surface area contributed by atoms with Gasteiger partial charge in [0.1, 0.15) is 0 Å². The zero-order valence-corrected chi connectivity index (χ0v) is 9.92. The Hall–Kier alpha value is 0.0900. The second-order valence-corrected chi connectivity index (χ2v) is 5.79. The quantitative estimate of drug-likeness (QED) is 0.582. The van der Waals surface area contributed by atoms with E-state index in [2.05, 4.69) is 40.5 Å². The van der Waals surface area contributed by atoms with Gasteiger partial charge in [0, 0.05) is 4.75 Å². The molecule has 0 saturated carbocycles. The Bertz CT molecular complexity index is 145. The van der Waals surface area contributed by atoms with Gasteiger partial charge in [-0.05, 0) is 25.0 Å². The van der Waals surface area contributed by atoms with Gasteiger partial charge in [0.15, 0.2) is 0 Å². The summed E-state index contributed by atoms with van der Waals surface area (Å²) in [5, 5.41) is 0. The molecule has 0 radical (unpaired) electrons. The van der Waals surface area contributed by atoms with Crippen LogP contribution in [0.1, 0.15) is 40.5 Å². The van der Waals surface area contributed by atoms with Crippen LogP contribution in [0.5, 0.6) is 0 Å². The van der Waals surface area contributed by atoms with Crippen LogP contribution in [-0.2, 0) is 0 Å². The predicted molar refractivity (Wildman–Crippen MR) is 60.8 cm³/mol. The van der Waals surface area contributed by atoms with Crippen LogP contribution >= 0.6 is 11.8 Å². The zero-order valence-electron chi connectivity index (χ0n) is 9.11. The molecule has 0 amide bonds. The fourth-order valence-electron chi connectivity index (χ4n) is 0.852. The number of allylic oxidation sites excluding steroid dienone is 1. The molecule has 0 heterocycles. The monoisotopic (exact) mass is 186 g/mol. The molecule has 0 nitrogen and oxygen atoms in total. The lowest BCUT2D eigenvalue weighted by molar-refractivity contribution is 0.602. The van der Waals surface area contributed by atoms with Crippen LogP contribution < -0.4 is 0 Å². The summed E-state index contributed by atoms with van der Waals surface area (Å²) in [7, 11) is 0. The summed E-state index contributed by atoms with van der Waals surface area (Å²) in [6, 6.07) is 0. The van der Waals surface area contributed by atoms with Crippen molar-refractivity contribution in [2.24, 2.45) is 5.92 Å². The molecular weight excluding hydrogens is 164 g/mol. The average Bonchev–Trinajstić information content (AvgIpc) is 2.00. The maximum Gasteiger partial charge on any atom is 0.0104 e. The molecule has 12 heavy (non-hydrogen) atoms. The van der Waals surface area contributed by atoms with Gasteiger partial charge in [0.25, 0.3) is 0 Å². The van der Waals surface area contributed by atoms with Gasteiger partial charge in [-0.15, -0.1) is 0 Å². The van der Waals surface area contributed by atoms with E-state index in [-0.39, 0.29) is 0 Å². The van der Waals surface area contributed by atoms with Crippen molar-refractivity contribution in [2.75, 3.05) is 6.26 Å². The SMILES string of the molecule is C=C(CCC(C)(C)SC)C(C)C. The third kappa shape index (κ3) is 4.87. The van der Waals surface area contributed by atoms with E-state index < -0.39 is 0 Å². The highest BCUT2D eigenvalue weighted by atomic mass is 32.2. The topological polar surface area (TPSA) is 0 Å². The molecule has 0 aromatic rings. The first kappa shape index (κ1) is 12.1. The van der Waals surface area contributed by atoms with Crippen molar-refractivity contribution in [2.45, 2.75) is 45.3 Å². The van der Waals surface area contributed by atoms with Gasteiger partial charge in [-0.3, -0.25) is 0 Å². The van der Waals surface area contributed by atoms with E-state index in [4.69, 9.17) is 0 Å². The van der Waals surface area contributed by atoms with Crippen molar-refractivity contribution in [1.82, 2.24) is 0 Å². The maximum absolute atomic E-state index is 4.08. The standard InChI is InChI=1S/C11H22S/c1-9(2)10(3)7-8-11(4,5)12-6/h9H,3,7-8H2,1-2,4-6H3. The minimum atomic E-state index is 0.415. The Kier molecular flexibility index (Phi) is 5.00. The molecule has 0 fully saturated rings. The van der Waals surface area contributed by atoms with Crippen LogP contribution in [0.3, 0.4) is 0 Å². The van der Waals surface area contributed by atoms with E-state index in [0.29, 0.717) is 10.7 Å². The zero-order chi connectivity index (χ0) is 9.78. The number of rotatable bonds is 5. The average molecular weight is 186 g/mol. The summed E-state index contributed by atoms with van der Waals surface area (Å²) in [5.41, 5.74) is 1.39. The molecule has 0 aromatic carbocycles. The summed E-state index contributed by atoms with van der Waals surface area (Å²) >= 11 is 1.94. The Morgan fingerprint density at radius 1 is 1.42 bits per heavy atom. The number of hydrogen-bond donors (Lipinski definition) is 0. The molecule has 0 aliphatic rings. The molecule has 0 rings (SSSR count). The minimum Gasteiger partial charge on any atom is -0.159 e. The van der Waals surface area contributed by atoms with Crippen LogP contribution in [0.25, 0.3) is 0 Å². The van der Waals surface area contributed by atoms with Crippen LogP contribution in [0.4, 0.5) is 0 Å².